The number of thioether (sulfide) groups is 1. The van der Waals surface area contributed by atoms with Crippen LogP contribution in [0.25, 0.3) is 6.08 Å². The van der Waals surface area contributed by atoms with Gasteiger partial charge in [0.25, 0.3) is 11.8 Å². The van der Waals surface area contributed by atoms with Crippen LogP contribution in [0.15, 0.2) is 144 Å². The van der Waals surface area contributed by atoms with Gasteiger partial charge >= 0.3 is 0 Å². The molecule has 0 saturated heterocycles. The first kappa shape index (κ1) is 31.7. The van der Waals surface area contributed by atoms with Crippen LogP contribution in [-0.4, -0.2) is 24.8 Å². The molecule has 0 saturated carbocycles. The molecule has 1 unspecified atom stereocenters. The molecule has 0 heterocycles. The van der Waals surface area contributed by atoms with Crippen molar-refractivity contribution in [2.45, 2.75) is 10.1 Å². The number of carbonyl (C=O) groups excluding carboxylic acids is 3. The number of ether oxygens (including phenoxy) is 1. The Balaban J connectivity index is 1.32. The van der Waals surface area contributed by atoms with Gasteiger partial charge in [0.15, 0.2) is 0 Å². The van der Waals surface area contributed by atoms with Crippen molar-refractivity contribution in [3.63, 3.8) is 0 Å². The van der Waals surface area contributed by atoms with Crippen molar-refractivity contribution < 1.29 is 23.5 Å². The van der Waals surface area contributed by atoms with Crippen LogP contribution in [0, 0.1) is 5.82 Å². The van der Waals surface area contributed by atoms with Gasteiger partial charge in [-0.05, 0) is 77.9 Å². The number of hydrogen-bond acceptors (Lipinski definition) is 5. The second-order valence-corrected chi connectivity index (χ2v) is 11.2. The first-order valence-electron chi connectivity index (χ1n) is 14.3. The molecule has 0 bridgehead atoms. The highest BCUT2D eigenvalue weighted by Gasteiger charge is 2.23. The van der Waals surface area contributed by atoms with Crippen LogP contribution in [0.4, 0.5) is 15.8 Å². The van der Waals surface area contributed by atoms with Crippen molar-refractivity contribution in [1.29, 1.82) is 0 Å². The summed E-state index contributed by atoms with van der Waals surface area (Å²) in [5.41, 5.74) is 2.82. The number of nitrogens with one attached hydrogen (secondary N) is 3. The number of halogens is 1. The van der Waals surface area contributed by atoms with Gasteiger partial charge in [-0.1, -0.05) is 66.7 Å². The molecule has 0 spiro atoms. The summed E-state index contributed by atoms with van der Waals surface area (Å²) in [5, 5.41) is 7.90. The summed E-state index contributed by atoms with van der Waals surface area (Å²) in [6, 6.07) is 37.7. The third-order valence-corrected chi connectivity index (χ3v) is 8.02. The number of hydrogen-bond donors (Lipinski definition) is 3. The second-order valence-electron chi connectivity index (χ2n) is 10.0. The van der Waals surface area contributed by atoms with Gasteiger partial charge in [-0.25, -0.2) is 4.39 Å². The Morgan fingerprint density at radius 3 is 2.09 bits per heavy atom. The Morgan fingerprint density at radius 1 is 0.739 bits per heavy atom. The minimum absolute atomic E-state index is 0.0164. The van der Waals surface area contributed by atoms with Crippen LogP contribution in [-0.2, 0) is 9.59 Å². The van der Waals surface area contributed by atoms with E-state index in [0.717, 1.165) is 10.5 Å². The second kappa shape index (κ2) is 15.4. The van der Waals surface area contributed by atoms with E-state index in [-0.39, 0.29) is 11.6 Å². The van der Waals surface area contributed by atoms with E-state index in [4.69, 9.17) is 4.74 Å². The quantitative estimate of drug-likeness (QED) is 0.103. The van der Waals surface area contributed by atoms with Crippen LogP contribution < -0.4 is 20.7 Å². The first-order chi connectivity index (χ1) is 22.4. The Bertz CT molecular complexity index is 1830. The molecule has 230 valence electrons. The lowest BCUT2D eigenvalue weighted by molar-refractivity contribution is -0.116. The third kappa shape index (κ3) is 8.71. The molecule has 3 N–H and O–H groups in total. The highest BCUT2D eigenvalue weighted by atomic mass is 32.2. The molecule has 0 radical (unpaired) electrons. The van der Waals surface area contributed by atoms with Crippen LogP contribution in [0.5, 0.6) is 5.75 Å². The highest BCUT2D eigenvalue weighted by molar-refractivity contribution is 8.00. The van der Waals surface area contributed by atoms with Gasteiger partial charge < -0.3 is 20.7 Å². The molecule has 5 aromatic carbocycles. The van der Waals surface area contributed by atoms with Crippen molar-refractivity contribution in [2.24, 2.45) is 0 Å². The van der Waals surface area contributed by atoms with Gasteiger partial charge in [-0.15, -0.1) is 11.8 Å². The average molecular weight is 632 g/mol. The lowest BCUT2D eigenvalue weighted by Crippen LogP contribution is -2.30. The molecule has 0 fully saturated rings. The molecule has 3 amide bonds. The predicted octanol–water partition coefficient (Wildman–Crippen LogP) is 7.72. The van der Waals surface area contributed by atoms with Gasteiger partial charge in [0.2, 0.25) is 5.91 Å². The molecule has 5 aromatic rings. The van der Waals surface area contributed by atoms with E-state index >= 15 is 0 Å². The zero-order valence-electron chi connectivity index (χ0n) is 24.8. The van der Waals surface area contributed by atoms with Crippen molar-refractivity contribution in [2.75, 3.05) is 17.7 Å². The third-order valence-electron chi connectivity index (χ3n) is 6.75. The molecule has 9 heteroatoms. The number of benzene rings is 5. The number of rotatable bonds is 11. The van der Waals surface area contributed by atoms with Crippen LogP contribution in [0.2, 0.25) is 0 Å². The van der Waals surface area contributed by atoms with Crippen molar-refractivity contribution >= 4 is 46.9 Å². The predicted molar refractivity (Wildman–Crippen MR) is 180 cm³/mol. The summed E-state index contributed by atoms with van der Waals surface area (Å²) in [6.07, 6.45) is 1.48. The Kier molecular flexibility index (Phi) is 10.6. The molecule has 0 aliphatic rings. The van der Waals surface area contributed by atoms with E-state index < -0.39 is 22.9 Å². The lowest BCUT2D eigenvalue weighted by atomic mass is 10.1. The largest absolute Gasteiger partial charge is 0.497 e. The Labute approximate surface area is 270 Å². The van der Waals surface area contributed by atoms with Gasteiger partial charge in [-0.2, -0.15) is 0 Å². The van der Waals surface area contributed by atoms with E-state index in [1.807, 2.05) is 30.3 Å². The fraction of sp³-hybridized carbons (Fsp3) is 0.0541. The van der Waals surface area contributed by atoms with Gasteiger partial charge in [0.1, 0.15) is 22.5 Å². The van der Waals surface area contributed by atoms with Crippen LogP contribution >= 0.6 is 11.8 Å². The molecule has 0 aromatic heterocycles. The minimum atomic E-state index is -0.564. The fourth-order valence-corrected chi connectivity index (χ4v) is 5.45. The van der Waals surface area contributed by atoms with Gasteiger partial charge in [-0.3, -0.25) is 14.4 Å². The van der Waals surface area contributed by atoms with E-state index in [9.17, 15) is 18.8 Å². The Morgan fingerprint density at radius 2 is 1.41 bits per heavy atom. The van der Waals surface area contributed by atoms with Crippen LogP contribution in [0.1, 0.15) is 26.7 Å². The Hall–Kier alpha value is -5.67. The summed E-state index contributed by atoms with van der Waals surface area (Å²) >= 11 is 1.37. The first-order valence-corrected chi connectivity index (χ1v) is 15.2. The molecule has 0 aliphatic heterocycles. The standard InChI is InChI=1S/C37H30FN3O4S/c1-45-31-14-8-13-30(24-31)40-37(44)34(26-9-4-2-5-10-26)46-32-21-19-29(20-22-32)39-36(43)33(23-25-15-17-28(38)18-16-25)41-35(42)27-11-6-3-7-12-27/h2-24,34H,1H3,(H,39,43)(H,40,44)(H,41,42)/b33-23-. The maximum Gasteiger partial charge on any atom is 0.272 e. The molecule has 1 atom stereocenters. The molecular formula is C37H30FN3O4S. The monoisotopic (exact) mass is 631 g/mol. The molecular weight excluding hydrogens is 601 g/mol. The molecule has 46 heavy (non-hydrogen) atoms. The van der Waals surface area contributed by atoms with E-state index in [0.29, 0.717) is 28.3 Å². The van der Waals surface area contributed by atoms with Crippen LogP contribution in [0.3, 0.4) is 0 Å². The summed E-state index contributed by atoms with van der Waals surface area (Å²) in [5.74, 6) is -1.01. The molecule has 5 rings (SSSR count). The zero-order valence-corrected chi connectivity index (χ0v) is 25.6. The summed E-state index contributed by atoms with van der Waals surface area (Å²) in [4.78, 5) is 40.5. The van der Waals surface area contributed by atoms with Gasteiger partial charge in [0, 0.05) is 27.9 Å². The lowest BCUT2D eigenvalue weighted by Gasteiger charge is -2.18. The normalized spacial score (nSPS) is 11.7. The van der Waals surface area contributed by atoms with Crippen molar-refractivity contribution in [3.8, 4) is 5.75 Å². The zero-order chi connectivity index (χ0) is 32.3. The number of carbonyl (C=O) groups is 3. The molecule has 7 nitrogen and oxygen atoms in total. The van der Waals surface area contributed by atoms with E-state index in [1.54, 1.807) is 86.0 Å². The fourth-order valence-electron chi connectivity index (χ4n) is 4.43. The summed E-state index contributed by atoms with van der Waals surface area (Å²) < 4.78 is 18.8. The minimum Gasteiger partial charge on any atom is -0.497 e. The maximum atomic E-state index is 13.5. The van der Waals surface area contributed by atoms with Crippen molar-refractivity contribution in [1.82, 2.24) is 5.32 Å². The maximum absolute atomic E-state index is 13.5. The number of anilines is 2. The topological polar surface area (TPSA) is 96.5 Å². The summed E-state index contributed by atoms with van der Waals surface area (Å²) in [7, 11) is 1.57. The van der Waals surface area contributed by atoms with E-state index in [1.165, 1.54) is 42.1 Å². The van der Waals surface area contributed by atoms with Crippen molar-refractivity contribution in [3.05, 3.63) is 162 Å². The smallest absolute Gasteiger partial charge is 0.272 e. The number of amides is 3. The SMILES string of the molecule is COc1cccc(NC(=O)C(Sc2ccc(NC(=O)/C(=C/c3ccc(F)cc3)NC(=O)c3ccccc3)cc2)c2ccccc2)c1. The molecule has 0 aliphatic carbocycles. The van der Waals surface area contributed by atoms with E-state index in [2.05, 4.69) is 16.0 Å². The highest BCUT2D eigenvalue weighted by Crippen LogP contribution is 2.37. The summed E-state index contributed by atoms with van der Waals surface area (Å²) in [6.45, 7) is 0. The van der Waals surface area contributed by atoms with Gasteiger partial charge in [0.05, 0.1) is 7.11 Å². The average Bonchev–Trinajstić information content (AvgIpc) is 3.09. The number of methoxy groups -OCH3 is 1.